The maximum Gasteiger partial charge on any atom is 0.276 e. The summed E-state index contributed by atoms with van der Waals surface area (Å²) in [6.45, 7) is 4.05. The molecule has 7 nitrogen and oxygen atoms in total. The number of amides is 1. The van der Waals surface area contributed by atoms with Crippen LogP contribution in [0.1, 0.15) is 39.9 Å². The van der Waals surface area contributed by atoms with Gasteiger partial charge in [-0.05, 0) is 26.0 Å². The highest BCUT2D eigenvalue weighted by Crippen LogP contribution is 2.26. The smallest absolute Gasteiger partial charge is 0.276 e. The molecule has 148 valence electrons. The first-order valence-corrected chi connectivity index (χ1v) is 10.0. The second kappa shape index (κ2) is 8.00. The minimum absolute atomic E-state index is 0.151. The quantitative estimate of drug-likeness (QED) is 0.470. The Labute approximate surface area is 171 Å². The van der Waals surface area contributed by atoms with Crippen molar-refractivity contribution in [1.82, 2.24) is 20.0 Å². The van der Waals surface area contributed by atoms with Gasteiger partial charge in [-0.2, -0.15) is 0 Å². The lowest BCUT2D eigenvalue weighted by Crippen LogP contribution is -2.29. The number of carbonyl (C=O) groups is 1. The van der Waals surface area contributed by atoms with Gasteiger partial charge in [0, 0.05) is 47.4 Å². The number of nitrogens with zero attached hydrogens (tertiary/aromatic N) is 4. The minimum atomic E-state index is -0.225. The number of fused-ring (bicyclic) bond motifs is 1. The van der Waals surface area contributed by atoms with Crippen molar-refractivity contribution < 1.29 is 14.1 Å². The maximum absolute atomic E-state index is 12.8. The molecule has 4 rings (SSSR count). The second-order valence-electron chi connectivity index (χ2n) is 6.74. The van der Waals surface area contributed by atoms with Crippen LogP contribution >= 0.6 is 11.3 Å². The molecule has 0 saturated heterocycles. The molecule has 1 aromatic carbocycles. The van der Waals surface area contributed by atoms with Gasteiger partial charge in [0.15, 0.2) is 11.5 Å². The van der Waals surface area contributed by atoms with Gasteiger partial charge in [0.25, 0.3) is 5.91 Å². The molecule has 3 aromatic heterocycles. The molecule has 29 heavy (non-hydrogen) atoms. The van der Waals surface area contributed by atoms with E-state index >= 15 is 0 Å². The summed E-state index contributed by atoms with van der Waals surface area (Å²) in [5.74, 6) is 0.973. The van der Waals surface area contributed by atoms with Crippen LogP contribution in [0.3, 0.4) is 0 Å². The fourth-order valence-corrected chi connectivity index (χ4v) is 3.83. The van der Waals surface area contributed by atoms with E-state index in [0.29, 0.717) is 5.76 Å². The Morgan fingerprint density at radius 3 is 3.00 bits per heavy atom. The van der Waals surface area contributed by atoms with Crippen molar-refractivity contribution in [2.45, 2.75) is 26.5 Å². The Hall–Kier alpha value is -3.26. The Bertz CT molecular complexity index is 1150. The van der Waals surface area contributed by atoms with E-state index in [4.69, 9.17) is 9.26 Å². The van der Waals surface area contributed by atoms with Crippen LogP contribution in [-0.4, -0.2) is 33.0 Å². The molecule has 0 aliphatic rings. The summed E-state index contributed by atoms with van der Waals surface area (Å²) in [7, 11) is 1.73. The molecule has 0 aliphatic carbocycles. The van der Waals surface area contributed by atoms with Gasteiger partial charge in [-0.15, -0.1) is 11.3 Å². The van der Waals surface area contributed by atoms with E-state index in [2.05, 4.69) is 15.1 Å². The molecule has 0 aliphatic heterocycles. The van der Waals surface area contributed by atoms with Crippen molar-refractivity contribution in [2.24, 2.45) is 0 Å². The summed E-state index contributed by atoms with van der Waals surface area (Å²) in [6.07, 6.45) is 3.51. The van der Waals surface area contributed by atoms with E-state index in [1.165, 1.54) is 11.3 Å². The van der Waals surface area contributed by atoms with E-state index in [1.807, 2.05) is 43.5 Å². The molecule has 1 atom stereocenters. The lowest BCUT2D eigenvalue weighted by molar-refractivity contribution is 0.0731. The van der Waals surface area contributed by atoms with Crippen LogP contribution in [-0.2, 0) is 6.61 Å². The molecule has 0 radical (unpaired) electrons. The fraction of sp³-hybridized carbons (Fsp3) is 0.238. The Morgan fingerprint density at radius 2 is 2.21 bits per heavy atom. The first kappa shape index (κ1) is 19.1. The van der Waals surface area contributed by atoms with Crippen molar-refractivity contribution in [1.29, 1.82) is 0 Å². The maximum atomic E-state index is 12.8. The Balaban J connectivity index is 1.44. The predicted molar refractivity (Wildman–Crippen MR) is 110 cm³/mol. The van der Waals surface area contributed by atoms with Gasteiger partial charge in [-0.25, -0.2) is 4.98 Å². The summed E-state index contributed by atoms with van der Waals surface area (Å²) >= 11 is 1.54. The number of hydrogen-bond donors (Lipinski definition) is 0. The average Bonchev–Trinajstić information content (AvgIpc) is 3.39. The number of aromatic nitrogens is 3. The highest BCUT2D eigenvalue weighted by atomic mass is 32.1. The van der Waals surface area contributed by atoms with Crippen molar-refractivity contribution in [2.75, 3.05) is 7.05 Å². The van der Waals surface area contributed by atoms with Gasteiger partial charge < -0.3 is 14.2 Å². The van der Waals surface area contributed by atoms with Gasteiger partial charge in [-0.3, -0.25) is 9.78 Å². The molecule has 0 spiro atoms. The number of ether oxygens (including phenoxy) is 1. The standard InChI is InChI=1S/C21H20N4O3S/c1-13-12-29-20(23-13)14(2)25(3)21(26)18-9-16(28-24-18)11-27-19-6-4-5-15-10-22-8-7-17(15)19/h4-10,12,14H,11H2,1-3H3. The second-order valence-corrected chi connectivity index (χ2v) is 7.63. The summed E-state index contributed by atoms with van der Waals surface area (Å²) in [6, 6.07) is 9.13. The van der Waals surface area contributed by atoms with Crippen LogP contribution in [0.15, 0.2) is 52.6 Å². The summed E-state index contributed by atoms with van der Waals surface area (Å²) in [5, 5.41) is 8.73. The van der Waals surface area contributed by atoms with Crippen molar-refractivity contribution in [3.8, 4) is 5.75 Å². The molecule has 1 amide bonds. The van der Waals surface area contributed by atoms with Crippen LogP contribution in [0, 0.1) is 6.92 Å². The molecule has 4 aromatic rings. The molecule has 0 N–H and O–H groups in total. The van der Waals surface area contributed by atoms with Crippen LogP contribution in [0.5, 0.6) is 5.75 Å². The average molecular weight is 408 g/mol. The van der Waals surface area contributed by atoms with Crippen LogP contribution in [0.4, 0.5) is 0 Å². The van der Waals surface area contributed by atoms with Crippen LogP contribution < -0.4 is 4.74 Å². The van der Waals surface area contributed by atoms with E-state index < -0.39 is 0 Å². The molecule has 3 heterocycles. The lowest BCUT2D eigenvalue weighted by atomic mass is 10.1. The fourth-order valence-electron chi connectivity index (χ4n) is 2.94. The zero-order valence-corrected chi connectivity index (χ0v) is 17.1. The Morgan fingerprint density at radius 1 is 1.34 bits per heavy atom. The SMILES string of the molecule is Cc1csc(C(C)N(C)C(=O)c2cc(COc3cccc4cnccc34)on2)n1. The predicted octanol–water partition coefficient (Wildman–Crippen LogP) is 4.40. The molecule has 0 bridgehead atoms. The zero-order chi connectivity index (χ0) is 20.4. The normalized spacial score (nSPS) is 12.1. The van der Waals surface area contributed by atoms with Crippen molar-refractivity contribution in [3.63, 3.8) is 0 Å². The van der Waals surface area contributed by atoms with E-state index in [0.717, 1.165) is 27.2 Å². The van der Waals surface area contributed by atoms with E-state index in [9.17, 15) is 4.79 Å². The van der Waals surface area contributed by atoms with Gasteiger partial charge >= 0.3 is 0 Å². The van der Waals surface area contributed by atoms with E-state index in [-0.39, 0.29) is 24.2 Å². The minimum Gasteiger partial charge on any atom is -0.485 e. The molecule has 8 heteroatoms. The Kier molecular flexibility index (Phi) is 5.26. The third kappa shape index (κ3) is 3.97. The van der Waals surface area contributed by atoms with Crippen molar-refractivity contribution >= 4 is 28.0 Å². The van der Waals surface area contributed by atoms with Gasteiger partial charge in [0.2, 0.25) is 0 Å². The summed E-state index contributed by atoms with van der Waals surface area (Å²) < 4.78 is 11.2. The number of pyridine rings is 1. The third-order valence-corrected chi connectivity index (χ3v) is 5.82. The number of rotatable bonds is 6. The number of benzene rings is 1. The highest BCUT2D eigenvalue weighted by Gasteiger charge is 2.24. The number of thiazole rings is 1. The van der Waals surface area contributed by atoms with Gasteiger partial charge in [-0.1, -0.05) is 17.3 Å². The molecular formula is C21H20N4O3S. The number of carbonyl (C=O) groups excluding carboxylic acids is 1. The largest absolute Gasteiger partial charge is 0.485 e. The van der Waals surface area contributed by atoms with Crippen molar-refractivity contribution in [3.05, 3.63) is 70.3 Å². The van der Waals surface area contributed by atoms with Gasteiger partial charge in [0.05, 0.1) is 6.04 Å². The third-order valence-electron chi connectivity index (χ3n) is 4.68. The monoisotopic (exact) mass is 408 g/mol. The van der Waals surface area contributed by atoms with Gasteiger partial charge in [0.1, 0.15) is 17.4 Å². The molecule has 1 unspecified atom stereocenters. The number of hydrogen-bond acceptors (Lipinski definition) is 7. The van der Waals surface area contributed by atoms with Crippen LogP contribution in [0.25, 0.3) is 10.8 Å². The molecule has 0 fully saturated rings. The summed E-state index contributed by atoms with van der Waals surface area (Å²) in [4.78, 5) is 22.9. The summed E-state index contributed by atoms with van der Waals surface area (Å²) in [5.41, 5.74) is 1.19. The van der Waals surface area contributed by atoms with E-state index in [1.54, 1.807) is 30.4 Å². The first-order valence-electron chi connectivity index (χ1n) is 9.13. The van der Waals surface area contributed by atoms with Crippen LogP contribution in [0.2, 0.25) is 0 Å². The molecular weight excluding hydrogens is 388 g/mol. The molecule has 0 saturated carbocycles. The number of aryl methyl sites for hydroxylation is 1. The topological polar surface area (TPSA) is 81.4 Å². The first-order chi connectivity index (χ1) is 14.0. The highest BCUT2D eigenvalue weighted by molar-refractivity contribution is 7.09. The lowest BCUT2D eigenvalue weighted by Gasteiger charge is -2.21. The zero-order valence-electron chi connectivity index (χ0n) is 16.3.